The Kier molecular flexibility index (Phi) is 3.82. The van der Waals surface area contributed by atoms with Crippen LogP contribution in [0.1, 0.15) is 5.69 Å². The highest BCUT2D eigenvalue weighted by molar-refractivity contribution is 7.98. The zero-order valence-corrected chi connectivity index (χ0v) is 9.68. The number of rotatable bonds is 5. The topological polar surface area (TPSA) is 46.3 Å². The summed E-state index contributed by atoms with van der Waals surface area (Å²) in [6.07, 6.45) is 0. The van der Waals surface area contributed by atoms with E-state index in [-0.39, 0.29) is 6.61 Å². The molecule has 80 valence electrons. The van der Waals surface area contributed by atoms with Crippen molar-refractivity contribution in [2.45, 2.75) is 5.75 Å². The largest absolute Gasteiger partial charge is 0.396 e. The van der Waals surface area contributed by atoms with Crippen molar-refractivity contribution in [2.75, 3.05) is 12.4 Å². The van der Waals surface area contributed by atoms with Crippen LogP contribution >= 0.6 is 23.1 Å². The van der Waals surface area contributed by atoms with Gasteiger partial charge < -0.3 is 9.63 Å². The molecule has 5 heteroatoms. The maximum absolute atomic E-state index is 8.64. The van der Waals surface area contributed by atoms with Crippen LogP contribution in [0.4, 0.5) is 0 Å². The molecule has 1 N–H and O–H groups in total. The van der Waals surface area contributed by atoms with Gasteiger partial charge in [-0.2, -0.15) is 11.8 Å². The van der Waals surface area contributed by atoms with E-state index in [9.17, 15) is 0 Å². The average Bonchev–Trinajstić information content (AvgIpc) is 2.87. The van der Waals surface area contributed by atoms with Gasteiger partial charge in [0.25, 0.3) is 0 Å². The summed E-state index contributed by atoms with van der Waals surface area (Å²) in [5, 5.41) is 14.6. The monoisotopic (exact) mass is 241 g/mol. The molecule has 0 aliphatic carbocycles. The highest BCUT2D eigenvalue weighted by Crippen LogP contribution is 2.26. The molecule has 0 spiro atoms. The molecule has 0 saturated carbocycles. The summed E-state index contributed by atoms with van der Waals surface area (Å²) < 4.78 is 5.22. The molecule has 0 radical (unpaired) electrons. The Hall–Kier alpha value is -0.780. The second kappa shape index (κ2) is 5.34. The van der Waals surface area contributed by atoms with Crippen LogP contribution in [0.2, 0.25) is 0 Å². The van der Waals surface area contributed by atoms with E-state index in [0.29, 0.717) is 0 Å². The van der Waals surface area contributed by atoms with Gasteiger partial charge in [0.15, 0.2) is 5.76 Å². The lowest BCUT2D eigenvalue weighted by molar-refractivity contribution is 0.322. The molecule has 0 aliphatic heterocycles. The van der Waals surface area contributed by atoms with Crippen LogP contribution in [0.15, 0.2) is 28.1 Å². The summed E-state index contributed by atoms with van der Waals surface area (Å²) in [5.41, 5.74) is 0.928. The molecule has 2 aromatic rings. The molecule has 15 heavy (non-hydrogen) atoms. The fourth-order valence-corrected chi connectivity index (χ4v) is 2.45. The van der Waals surface area contributed by atoms with Crippen molar-refractivity contribution in [3.8, 4) is 10.6 Å². The number of aromatic nitrogens is 1. The third-order valence-corrected chi connectivity index (χ3v) is 3.66. The summed E-state index contributed by atoms with van der Waals surface area (Å²) in [6.45, 7) is 0.209. The van der Waals surface area contributed by atoms with Crippen LogP contribution < -0.4 is 0 Å². The highest BCUT2D eigenvalue weighted by Gasteiger charge is 2.06. The fraction of sp³-hybridized carbons (Fsp3) is 0.300. The number of hydrogen-bond acceptors (Lipinski definition) is 5. The quantitative estimate of drug-likeness (QED) is 0.817. The molecule has 0 amide bonds. The number of hydrogen-bond donors (Lipinski definition) is 1. The first kappa shape index (κ1) is 10.7. The van der Waals surface area contributed by atoms with Gasteiger partial charge in [0.05, 0.1) is 17.2 Å². The van der Waals surface area contributed by atoms with Gasteiger partial charge in [0.1, 0.15) is 0 Å². The predicted molar refractivity (Wildman–Crippen MR) is 63.1 cm³/mol. The summed E-state index contributed by atoms with van der Waals surface area (Å²) in [5.74, 6) is 2.35. The number of nitrogens with zero attached hydrogens (tertiary/aromatic N) is 1. The Balaban J connectivity index is 1.98. The van der Waals surface area contributed by atoms with Gasteiger partial charge in [0.2, 0.25) is 0 Å². The zero-order valence-electron chi connectivity index (χ0n) is 8.05. The standard InChI is InChI=1S/C10H11NO2S2/c12-3-5-14-7-8-6-9(13-11-8)10-2-1-4-15-10/h1-2,4,6,12H,3,5,7H2. The van der Waals surface area contributed by atoms with E-state index >= 15 is 0 Å². The lowest BCUT2D eigenvalue weighted by atomic mass is 10.3. The van der Waals surface area contributed by atoms with E-state index in [0.717, 1.165) is 27.8 Å². The van der Waals surface area contributed by atoms with Crippen molar-refractivity contribution in [1.82, 2.24) is 5.16 Å². The van der Waals surface area contributed by atoms with Crippen molar-refractivity contribution in [3.05, 3.63) is 29.3 Å². The Morgan fingerprint density at radius 2 is 2.47 bits per heavy atom. The van der Waals surface area contributed by atoms with E-state index in [1.165, 1.54) is 0 Å². The van der Waals surface area contributed by atoms with E-state index in [2.05, 4.69) is 5.16 Å². The van der Waals surface area contributed by atoms with E-state index < -0.39 is 0 Å². The van der Waals surface area contributed by atoms with Crippen LogP contribution in [-0.4, -0.2) is 22.6 Å². The maximum Gasteiger partial charge on any atom is 0.177 e. The average molecular weight is 241 g/mol. The number of aliphatic hydroxyl groups is 1. The van der Waals surface area contributed by atoms with Crippen LogP contribution in [0.25, 0.3) is 10.6 Å². The molecule has 0 atom stereocenters. The third-order valence-electron chi connectivity index (χ3n) is 1.81. The minimum atomic E-state index is 0.209. The second-order valence-electron chi connectivity index (χ2n) is 2.94. The first-order valence-electron chi connectivity index (χ1n) is 4.58. The molecule has 2 heterocycles. The molecule has 0 aliphatic rings. The van der Waals surface area contributed by atoms with Crippen LogP contribution in [0.3, 0.4) is 0 Å². The van der Waals surface area contributed by atoms with Crippen LogP contribution in [-0.2, 0) is 5.75 Å². The minimum absolute atomic E-state index is 0.209. The molecule has 0 saturated heterocycles. The number of aliphatic hydroxyl groups excluding tert-OH is 1. The van der Waals surface area contributed by atoms with Crippen molar-refractivity contribution in [1.29, 1.82) is 0 Å². The fourth-order valence-electron chi connectivity index (χ4n) is 1.16. The van der Waals surface area contributed by atoms with Gasteiger partial charge in [0, 0.05) is 17.6 Å². The van der Waals surface area contributed by atoms with Crippen molar-refractivity contribution in [3.63, 3.8) is 0 Å². The summed E-state index contributed by atoms with van der Waals surface area (Å²) in [7, 11) is 0. The zero-order chi connectivity index (χ0) is 10.5. The molecule has 3 nitrogen and oxygen atoms in total. The number of thiophene rings is 1. The molecule has 2 rings (SSSR count). The van der Waals surface area contributed by atoms with Gasteiger partial charge in [-0.25, -0.2) is 0 Å². The Bertz CT molecular complexity index is 397. The van der Waals surface area contributed by atoms with Crippen molar-refractivity contribution in [2.24, 2.45) is 0 Å². The second-order valence-corrected chi connectivity index (χ2v) is 4.99. The van der Waals surface area contributed by atoms with Gasteiger partial charge in [-0.3, -0.25) is 0 Å². The SMILES string of the molecule is OCCSCc1cc(-c2cccs2)on1. The van der Waals surface area contributed by atoms with Crippen molar-refractivity contribution >= 4 is 23.1 Å². The van der Waals surface area contributed by atoms with E-state index in [4.69, 9.17) is 9.63 Å². The Morgan fingerprint density at radius 3 is 3.20 bits per heavy atom. The Morgan fingerprint density at radius 1 is 1.53 bits per heavy atom. The Labute approximate surface area is 96.1 Å². The van der Waals surface area contributed by atoms with Gasteiger partial charge in [-0.1, -0.05) is 11.2 Å². The normalized spacial score (nSPS) is 10.7. The molecular formula is C10H11NO2S2. The smallest absolute Gasteiger partial charge is 0.177 e. The lowest BCUT2D eigenvalue weighted by Crippen LogP contribution is -1.87. The van der Waals surface area contributed by atoms with Gasteiger partial charge in [-0.15, -0.1) is 11.3 Å². The molecule has 0 aromatic carbocycles. The number of thioether (sulfide) groups is 1. The predicted octanol–water partition coefficient (Wildman–Crippen LogP) is 2.63. The molecule has 0 fully saturated rings. The summed E-state index contributed by atoms with van der Waals surface area (Å²) in [4.78, 5) is 1.10. The van der Waals surface area contributed by atoms with Gasteiger partial charge in [-0.05, 0) is 11.4 Å². The maximum atomic E-state index is 8.64. The first-order chi connectivity index (χ1) is 7.40. The first-order valence-corrected chi connectivity index (χ1v) is 6.61. The van der Waals surface area contributed by atoms with E-state index in [1.54, 1.807) is 23.1 Å². The highest BCUT2D eigenvalue weighted by atomic mass is 32.2. The lowest BCUT2D eigenvalue weighted by Gasteiger charge is -1.92. The van der Waals surface area contributed by atoms with Crippen molar-refractivity contribution < 1.29 is 9.63 Å². The molecule has 0 unspecified atom stereocenters. The van der Waals surface area contributed by atoms with Gasteiger partial charge >= 0.3 is 0 Å². The molecule has 2 aromatic heterocycles. The minimum Gasteiger partial charge on any atom is -0.396 e. The van der Waals surface area contributed by atoms with E-state index in [1.807, 2.05) is 23.6 Å². The third kappa shape index (κ3) is 2.84. The molecule has 0 bridgehead atoms. The molecular weight excluding hydrogens is 230 g/mol. The summed E-state index contributed by atoms with van der Waals surface area (Å²) in [6, 6.07) is 5.95. The summed E-state index contributed by atoms with van der Waals surface area (Å²) >= 11 is 3.28. The van der Waals surface area contributed by atoms with Crippen LogP contribution in [0, 0.1) is 0 Å². The van der Waals surface area contributed by atoms with Crippen LogP contribution in [0.5, 0.6) is 0 Å².